The number of aliphatic hydroxyl groups is 12. The molecule has 6 saturated heterocycles. The third-order valence-electron chi connectivity index (χ3n) is 27.5. The van der Waals surface area contributed by atoms with Crippen molar-refractivity contribution in [2.45, 2.75) is 242 Å². The maximum Gasteiger partial charge on any atom is 0.348 e. The van der Waals surface area contributed by atoms with Gasteiger partial charge >= 0.3 is 33.8 Å². The van der Waals surface area contributed by atoms with Gasteiger partial charge in [-0.05, 0) is 117 Å². The molecule has 30 atom stereocenters. The number of ether oxygens (including phenoxy) is 12. The molecule has 0 amide bonds. The highest BCUT2D eigenvalue weighted by molar-refractivity contribution is 9.10. The molecule has 6 aliphatic heterocycles. The molecule has 6 aromatic heterocycles. The molecule has 12 heterocycles. The highest BCUT2D eigenvalue weighted by Crippen LogP contribution is 2.52. The standard InChI is InChI=1S/C33H34O13.C33H32O13.C31H29BrO13/c2*1-5-14-9-10-17-20-18(14)30(39)45-28-19-15(26(37)22(21(20)28)31(40)43-17)7-6-8-16(19)44-33-29(27(38)25(36)13(4)42-33)46-32-24(35)11(2)23(34)12(3)41-32;1-9-21(33)10(2)40-30(22(9)34)45-27-25(37)23(35)11(3)41-31(27)43-14-6-4-5-12-16(14)26-19-18-15(42-29(39)20(19)24(12)36)8-7-13(32)17(18)28(38)44-26/h6-13,23-25,27,29,32-38H,5H2,1-4H3;5-13,23-25,27,29,32-38H,1H2,2-4H3;4-11,21-23,25,27,30-31,33-37H,1-3H3/t2*11?,12?,13?,23-,24-,25+,27+,29?,32-,33+;9?,10?,11?,21-,22-,23+,25+,27?,30-,31+/m111/s1. The van der Waals surface area contributed by atoms with Crippen molar-refractivity contribution in [3.05, 3.63) is 176 Å². The first-order valence-corrected chi connectivity index (χ1v) is 45.2. The van der Waals surface area contributed by atoms with E-state index in [9.17, 15) is 105 Å². The van der Waals surface area contributed by atoms with Crippen molar-refractivity contribution in [3.63, 3.8) is 0 Å². The molecule has 15 N–H and O–H groups in total. The molecule has 21 rings (SSSR count). The fraction of sp³-hybridized carbons (Fsp3) is 0.423. The number of aryl methyl sites for hydroxylation is 1. The molecule has 0 bridgehead atoms. The monoisotopic (exact) mass is 1960 g/mol. The summed E-state index contributed by atoms with van der Waals surface area (Å²) in [4.78, 5) is 79.7. The average Bonchev–Trinajstić information content (AvgIpc) is 0.707. The first-order chi connectivity index (χ1) is 65.2. The number of fused-ring (bicyclic) bond motifs is 6. The van der Waals surface area contributed by atoms with Crippen LogP contribution in [-0.2, 0) is 49.1 Å². The maximum atomic E-state index is 13.5. The zero-order valence-electron chi connectivity index (χ0n) is 74.4. The Bertz CT molecular complexity index is 7640. The molecule has 0 saturated carbocycles. The van der Waals surface area contributed by atoms with Crippen LogP contribution in [0.25, 0.3) is 137 Å². The molecule has 40 heteroatoms. The van der Waals surface area contributed by atoms with E-state index in [0.717, 1.165) is 0 Å². The SMILES string of the molecule is C=Cc1ccc2oc(=O)c3c(O)c4cccc(O[C@@H]5OC(C)[C@H](O)[C@H](O)C5O[C@H]5OC(C)[C@H](O)C(C)[C@H]5O)c4c4oc(=O)c1c2c34.CC1O[C@H](OC2[C@H](Oc3cccc4c(O)c5c(=O)oc6ccc(Br)c7c(=O)oc(c34)c5c67)OC(C)[C@H](O)[C@@H]2O)[C@H](O)C(C)[C@H]1O.CCc1ccc2oc(=O)c3c(O)c4cccc(O[C@@H]5OC(C)[C@H](O)[C@H](O)C5O[C@H]5OC(C)[C@H](O)C(C)[C@H]5O)c4c4oc(=O)c1c2c34. The van der Waals surface area contributed by atoms with Crippen molar-refractivity contribution in [2.75, 3.05) is 0 Å². The number of halogens is 1. The summed E-state index contributed by atoms with van der Waals surface area (Å²) in [6, 6.07) is 23.1. The highest BCUT2D eigenvalue weighted by atomic mass is 79.9. The van der Waals surface area contributed by atoms with Gasteiger partial charge in [0.25, 0.3) is 0 Å². The first-order valence-electron chi connectivity index (χ1n) is 44.4. The molecule has 12 unspecified atom stereocenters. The van der Waals surface area contributed by atoms with Crippen LogP contribution in [0.1, 0.15) is 80.4 Å². The van der Waals surface area contributed by atoms with E-state index in [1.54, 1.807) is 65.8 Å². The van der Waals surface area contributed by atoms with Crippen molar-refractivity contribution in [3.8, 4) is 34.5 Å². The van der Waals surface area contributed by atoms with Gasteiger partial charge in [0.1, 0.15) is 122 Å². The van der Waals surface area contributed by atoms with Crippen LogP contribution in [0.5, 0.6) is 34.5 Å². The maximum absolute atomic E-state index is 13.5. The van der Waals surface area contributed by atoms with E-state index in [1.807, 2.05) is 6.92 Å². The minimum atomic E-state index is -1.57. The quantitative estimate of drug-likeness (QED) is 0.0295. The second-order valence-corrected chi connectivity index (χ2v) is 36.6. The Balaban J connectivity index is 0.000000132. The summed E-state index contributed by atoms with van der Waals surface area (Å²) in [6.07, 6.45) is -31.2. The van der Waals surface area contributed by atoms with Crippen molar-refractivity contribution < 1.29 is 160 Å². The predicted octanol–water partition coefficient (Wildman–Crippen LogP) is 7.02. The van der Waals surface area contributed by atoms with Crippen LogP contribution in [-0.4, -0.2) is 243 Å². The van der Waals surface area contributed by atoms with Crippen LogP contribution < -0.4 is 48.0 Å². The van der Waals surface area contributed by atoms with Crippen LogP contribution in [0.2, 0.25) is 0 Å². The topological polar surface area (TPSA) is 595 Å². The Morgan fingerprint density at radius 2 is 0.591 bits per heavy atom. The normalized spacial score (nSPS) is 32.3. The summed E-state index contributed by atoms with van der Waals surface area (Å²) < 4.78 is 106. The summed E-state index contributed by atoms with van der Waals surface area (Å²) in [5.74, 6) is -3.15. The fourth-order valence-electron chi connectivity index (χ4n) is 19.7. The molecular weight excluding hydrogens is 1870 g/mol. The predicted molar refractivity (Wildman–Crippen MR) is 488 cm³/mol. The van der Waals surface area contributed by atoms with Crippen LogP contribution in [0.15, 0.2) is 157 Å². The van der Waals surface area contributed by atoms with E-state index in [2.05, 4.69) is 22.5 Å². The molecular formula is C97H95BrO39. The molecule has 6 aliphatic rings. The minimum Gasteiger partial charge on any atom is -0.506 e. The smallest absolute Gasteiger partial charge is 0.348 e. The molecule has 0 radical (unpaired) electrons. The van der Waals surface area contributed by atoms with E-state index >= 15 is 0 Å². The second kappa shape index (κ2) is 35.9. The van der Waals surface area contributed by atoms with Gasteiger partial charge in [-0.3, -0.25) is 0 Å². The summed E-state index contributed by atoms with van der Waals surface area (Å²) in [7, 11) is 0. The van der Waals surface area contributed by atoms with Crippen LogP contribution in [0.3, 0.4) is 0 Å². The minimum absolute atomic E-state index is 0.0128. The number of aromatic hydroxyl groups is 3. The summed E-state index contributed by atoms with van der Waals surface area (Å²) in [5, 5.41) is 165. The molecule has 9 aromatic carbocycles. The molecule has 0 aliphatic carbocycles. The Labute approximate surface area is 778 Å². The first kappa shape index (κ1) is 94.7. The Morgan fingerprint density at radius 1 is 0.307 bits per heavy atom. The van der Waals surface area contributed by atoms with Crippen LogP contribution in [0, 0.1) is 17.8 Å². The van der Waals surface area contributed by atoms with Gasteiger partial charge in [0, 0.05) is 70.7 Å². The number of phenols is 3. The lowest BCUT2D eigenvalue weighted by Gasteiger charge is -2.45. The Kier molecular flexibility index (Phi) is 24.8. The third kappa shape index (κ3) is 15.4. The van der Waals surface area contributed by atoms with Crippen molar-refractivity contribution >= 4 is 152 Å². The van der Waals surface area contributed by atoms with Crippen molar-refractivity contribution in [2.24, 2.45) is 17.8 Å². The number of hydrogen-bond donors (Lipinski definition) is 15. The van der Waals surface area contributed by atoms with Gasteiger partial charge in [-0.1, -0.05) is 88.9 Å². The Hall–Kier alpha value is -11.2. The summed E-state index contributed by atoms with van der Waals surface area (Å²) in [5.41, 5.74) is -3.39. The van der Waals surface area contributed by atoms with Gasteiger partial charge in [0.2, 0.25) is 18.9 Å². The lowest BCUT2D eigenvalue weighted by molar-refractivity contribution is -0.346. The third-order valence-corrected chi connectivity index (χ3v) is 28.2. The zero-order valence-corrected chi connectivity index (χ0v) is 75.9. The van der Waals surface area contributed by atoms with Gasteiger partial charge in [-0.15, -0.1) is 0 Å². The second-order valence-electron chi connectivity index (χ2n) is 35.8. The van der Waals surface area contributed by atoms with E-state index in [-0.39, 0.29) is 142 Å². The fourth-order valence-corrected chi connectivity index (χ4v) is 20.2. The highest BCUT2D eigenvalue weighted by Gasteiger charge is 2.54. The van der Waals surface area contributed by atoms with Gasteiger partial charge in [0.15, 0.2) is 53.9 Å². The van der Waals surface area contributed by atoms with E-state index < -0.39 is 235 Å². The van der Waals surface area contributed by atoms with Crippen LogP contribution >= 0.6 is 15.9 Å². The largest absolute Gasteiger partial charge is 0.506 e. The van der Waals surface area contributed by atoms with Gasteiger partial charge in [-0.25, -0.2) is 28.8 Å². The van der Waals surface area contributed by atoms with Crippen molar-refractivity contribution in [1.82, 2.24) is 0 Å². The van der Waals surface area contributed by atoms with E-state index in [0.29, 0.717) is 27.4 Å². The van der Waals surface area contributed by atoms with Crippen molar-refractivity contribution in [1.29, 1.82) is 0 Å². The summed E-state index contributed by atoms with van der Waals surface area (Å²) in [6.45, 7) is 19.9. The number of hydrogen-bond acceptors (Lipinski definition) is 39. The number of aliphatic hydroxyl groups excluding tert-OH is 12. The molecule has 724 valence electrons. The average molecular weight is 1960 g/mol. The Morgan fingerprint density at radius 3 is 0.927 bits per heavy atom. The number of rotatable bonds is 14. The number of phenolic OH excluding ortho intramolecular Hbond substituents is 3. The van der Waals surface area contributed by atoms with Crippen LogP contribution in [0.4, 0.5) is 0 Å². The van der Waals surface area contributed by atoms with Gasteiger partial charge < -0.3 is 160 Å². The molecule has 6 fully saturated rings. The van der Waals surface area contributed by atoms with Gasteiger partial charge in [0.05, 0.1) is 87.3 Å². The lowest BCUT2D eigenvalue weighted by Crippen LogP contribution is -2.62. The summed E-state index contributed by atoms with van der Waals surface area (Å²) >= 11 is 3.35. The molecule has 0 spiro atoms. The molecule has 137 heavy (non-hydrogen) atoms. The molecule has 39 nitrogen and oxygen atoms in total. The zero-order chi connectivity index (χ0) is 97.6. The molecule has 15 aromatic rings. The van der Waals surface area contributed by atoms with E-state index in [4.69, 9.17) is 83.3 Å². The lowest BCUT2D eigenvalue weighted by atomic mass is 9.91. The number of benzene rings is 9. The van der Waals surface area contributed by atoms with E-state index in [1.165, 1.54) is 93.6 Å². The van der Waals surface area contributed by atoms with Gasteiger partial charge in [-0.2, -0.15) is 0 Å².